The number of halogens is 3. The second-order valence-electron chi connectivity index (χ2n) is 6.53. The monoisotopic (exact) mass is 418 g/mol. The first kappa shape index (κ1) is 22.0. The Morgan fingerprint density at radius 1 is 1.33 bits per heavy atom. The van der Waals surface area contributed by atoms with Gasteiger partial charge in [0.15, 0.2) is 0 Å². The van der Waals surface area contributed by atoms with Gasteiger partial charge in [-0.05, 0) is 31.9 Å². The van der Waals surface area contributed by atoms with Crippen LogP contribution < -0.4 is 10.6 Å². The number of allylic oxidation sites excluding steroid dienone is 1. The van der Waals surface area contributed by atoms with Crippen LogP contribution in [0, 0.1) is 0 Å². The number of benzene rings is 1. The highest BCUT2D eigenvalue weighted by atomic mass is 32.2. The zero-order valence-electron chi connectivity index (χ0n) is 15.8. The molecule has 150 valence electrons. The summed E-state index contributed by atoms with van der Waals surface area (Å²) in [7, 11) is 0. The number of carbonyl (C=O) groups excluding carboxylic acids is 1. The largest absolute Gasteiger partial charge is 0.432 e. The fourth-order valence-corrected chi connectivity index (χ4v) is 5.35. The molecule has 2 rings (SSSR count). The number of hydrogen-bond acceptors (Lipinski definition) is 4. The molecule has 27 heavy (non-hydrogen) atoms. The van der Waals surface area contributed by atoms with Crippen molar-refractivity contribution in [2.45, 2.75) is 62.6 Å². The number of amides is 1. The molecule has 1 aromatic rings. The fourth-order valence-electron chi connectivity index (χ4n) is 2.95. The normalized spacial score (nSPS) is 19.6. The minimum Gasteiger partial charge on any atom is -0.368 e. The Hall–Kier alpha value is -1.28. The molecule has 2 N–H and O–H groups in total. The molecule has 8 heteroatoms. The van der Waals surface area contributed by atoms with Gasteiger partial charge in [0, 0.05) is 16.2 Å². The maximum absolute atomic E-state index is 13.2. The van der Waals surface area contributed by atoms with Crippen molar-refractivity contribution in [2.24, 2.45) is 0 Å². The molecule has 1 aliphatic rings. The molecule has 3 atom stereocenters. The van der Waals surface area contributed by atoms with Crippen LogP contribution in [0.4, 0.5) is 18.9 Å². The SMILES string of the molecule is CCCC(C)SC(C)c1ccccc1NC(=O)C1=C(C(F)(F)F)NC(C)S1. The Bertz CT molecular complexity index is 706. The maximum Gasteiger partial charge on any atom is 0.432 e. The summed E-state index contributed by atoms with van der Waals surface area (Å²) in [5, 5.41) is 5.11. The van der Waals surface area contributed by atoms with Crippen LogP contribution in [0.5, 0.6) is 0 Å². The predicted molar refractivity (Wildman–Crippen MR) is 109 cm³/mol. The maximum atomic E-state index is 13.2. The zero-order chi connectivity index (χ0) is 20.2. The number of para-hydroxylation sites is 1. The third-order valence-electron chi connectivity index (χ3n) is 4.14. The summed E-state index contributed by atoms with van der Waals surface area (Å²) < 4.78 is 39.6. The first-order valence-electron chi connectivity index (χ1n) is 8.93. The average molecular weight is 419 g/mol. The molecule has 1 aliphatic heterocycles. The molecule has 0 saturated carbocycles. The summed E-state index contributed by atoms with van der Waals surface area (Å²) in [6, 6.07) is 7.29. The molecule has 0 spiro atoms. The van der Waals surface area contributed by atoms with Crippen molar-refractivity contribution in [1.82, 2.24) is 5.32 Å². The molecule has 0 aliphatic carbocycles. The molecule has 0 radical (unpaired) electrons. The number of hydrogen-bond donors (Lipinski definition) is 2. The molecular formula is C19H25F3N2OS2. The minimum atomic E-state index is -4.58. The van der Waals surface area contributed by atoms with Gasteiger partial charge < -0.3 is 10.6 Å². The minimum absolute atomic E-state index is 0.118. The number of carbonyl (C=O) groups is 1. The number of alkyl halides is 3. The van der Waals surface area contributed by atoms with Crippen LogP contribution in [0.15, 0.2) is 34.9 Å². The van der Waals surface area contributed by atoms with Gasteiger partial charge in [0.05, 0.1) is 5.37 Å². The molecule has 1 amide bonds. The van der Waals surface area contributed by atoms with Gasteiger partial charge in [-0.1, -0.05) is 50.2 Å². The summed E-state index contributed by atoms with van der Waals surface area (Å²) in [6.07, 6.45) is -2.40. The summed E-state index contributed by atoms with van der Waals surface area (Å²) in [5.74, 6) is -0.726. The first-order chi connectivity index (χ1) is 12.6. The third-order valence-corrected chi connectivity index (χ3v) is 6.60. The molecule has 0 fully saturated rings. The lowest BCUT2D eigenvalue weighted by Crippen LogP contribution is -2.28. The van der Waals surface area contributed by atoms with Gasteiger partial charge in [0.2, 0.25) is 0 Å². The van der Waals surface area contributed by atoms with Crippen molar-refractivity contribution >= 4 is 35.1 Å². The van der Waals surface area contributed by atoms with Crippen molar-refractivity contribution in [3.8, 4) is 0 Å². The molecule has 3 nitrogen and oxygen atoms in total. The lowest BCUT2D eigenvalue weighted by molar-refractivity contribution is -0.114. The van der Waals surface area contributed by atoms with E-state index in [0.717, 1.165) is 30.2 Å². The average Bonchev–Trinajstić information content (AvgIpc) is 2.98. The van der Waals surface area contributed by atoms with E-state index in [1.807, 2.05) is 12.1 Å². The van der Waals surface area contributed by atoms with Crippen LogP contribution in [0.25, 0.3) is 0 Å². The van der Waals surface area contributed by atoms with Gasteiger partial charge in [-0.25, -0.2) is 0 Å². The van der Waals surface area contributed by atoms with E-state index < -0.39 is 23.2 Å². The predicted octanol–water partition coefficient (Wildman–Crippen LogP) is 6.06. The number of nitrogens with one attached hydrogen (secondary N) is 2. The zero-order valence-corrected chi connectivity index (χ0v) is 17.4. The molecule has 1 heterocycles. The van der Waals surface area contributed by atoms with E-state index in [2.05, 4.69) is 31.4 Å². The quantitative estimate of drug-likeness (QED) is 0.564. The Labute approximate surface area is 166 Å². The van der Waals surface area contributed by atoms with Crippen LogP contribution in [-0.4, -0.2) is 22.7 Å². The molecule has 3 unspecified atom stereocenters. The van der Waals surface area contributed by atoms with Gasteiger partial charge in [0.25, 0.3) is 5.91 Å². The first-order valence-corrected chi connectivity index (χ1v) is 10.8. The van der Waals surface area contributed by atoms with Crippen molar-refractivity contribution in [3.63, 3.8) is 0 Å². The molecule has 0 saturated heterocycles. The van der Waals surface area contributed by atoms with Crippen molar-refractivity contribution in [1.29, 1.82) is 0 Å². The standard InChI is InChI=1S/C19H25F3N2OS2/c1-5-8-11(2)26-12(3)14-9-6-7-10-15(14)24-18(25)16-17(19(20,21)22)23-13(4)27-16/h6-7,9-13,23H,5,8H2,1-4H3,(H,24,25). The summed E-state index contributed by atoms with van der Waals surface area (Å²) in [6.45, 7) is 7.94. The van der Waals surface area contributed by atoms with E-state index in [4.69, 9.17) is 0 Å². The van der Waals surface area contributed by atoms with Gasteiger partial charge in [-0.3, -0.25) is 4.79 Å². The molecule has 0 bridgehead atoms. The van der Waals surface area contributed by atoms with Gasteiger partial charge in [0.1, 0.15) is 10.6 Å². The van der Waals surface area contributed by atoms with E-state index in [1.54, 1.807) is 30.8 Å². The second kappa shape index (κ2) is 9.28. The van der Waals surface area contributed by atoms with Crippen molar-refractivity contribution in [2.75, 3.05) is 5.32 Å². The van der Waals surface area contributed by atoms with Crippen LogP contribution in [0.3, 0.4) is 0 Å². The van der Waals surface area contributed by atoms with E-state index in [0.29, 0.717) is 10.9 Å². The highest BCUT2D eigenvalue weighted by Gasteiger charge is 2.43. The molecular weight excluding hydrogens is 393 g/mol. The number of thioether (sulfide) groups is 2. The van der Waals surface area contributed by atoms with Crippen LogP contribution >= 0.6 is 23.5 Å². The van der Waals surface area contributed by atoms with Crippen LogP contribution in [0.2, 0.25) is 0 Å². The van der Waals surface area contributed by atoms with Crippen molar-refractivity contribution < 1.29 is 18.0 Å². The Balaban J connectivity index is 2.21. The van der Waals surface area contributed by atoms with E-state index in [9.17, 15) is 18.0 Å². The van der Waals surface area contributed by atoms with Crippen LogP contribution in [0.1, 0.15) is 51.3 Å². The van der Waals surface area contributed by atoms with Crippen molar-refractivity contribution in [3.05, 3.63) is 40.4 Å². The van der Waals surface area contributed by atoms with E-state index in [1.165, 1.54) is 0 Å². The van der Waals surface area contributed by atoms with E-state index in [-0.39, 0.29) is 10.2 Å². The Kier molecular flexibility index (Phi) is 7.56. The smallest absolute Gasteiger partial charge is 0.368 e. The van der Waals surface area contributed by atoms with Gasteiger partial charge in [-0.2, -0.15) is 24.9 Å². The Morgan fingerprint density at radius 2 is 2.00 bits per heavy atom. The van der Waals surface area contributed by atoms with Gasteiger partial charge >= 0.3 is 6.18 Å². The topological polar surface area (TPSA) is 41.1 Å². The fraction of sp³-hybridized carbons (Fsp3) is 0.526. The highest BCUT2D eigenvalue weighted by Crippen LogP contribution is 2.40. The van der Waals surface area contributed by atoms with Crippen LogP contribution in [-0.2, 0) is 4.79 Å². The van der Waals surface area contributed by atoms with Gasteiger partial charge in [-0.15, -0.1) is 0 Å². The summed E-state index contributed by atoms with van der Waals surface area (Å²) >= 11 is 2.69. The highest BCUT2D eigenvalue weighted by molar-refractivity contribution is 8.04. The molecule has 0 aromatic heterocycles. The second-order valence-corrected chi connectivity index (χ2v) is 9.66. The van der Waals surface area contributed by atoms with E-state index >= 15 is 0 Å². The lowest BCUT2D eigenvalue weighted by atomic mass is 10.1. The summed E-state index contributed by atoms with van der Waals surface area (Å²) in [4.78, 5) is 12.3. The third kappa shape index (κ3) is 5.85. The molecule has 1 aromatic carbocycles. The lowest BCUT2D eigenvalue weighted by Gasteiger charge is -2.20. The number of anilines is 1. The Morgan fingerprint density at radius 3 is 2.63 bits per heavy atom. The number of rotatable bonds is 7. The summed E-state index contributed by atoms with van der Waals surface area (Å²) in [5.41, 5.74) is 0.506.